The van der Waals surface area contributed by atoms with Gasteiger partial charge in [-0.25, -0.2) is 9.78 Å². The highest BCUT2D eigenvalue weighted by Crippen LogP contribution is 2.37. The van der Waals surface area contributed by atoms with Crippen LogP contribution in [0.15, 0.2) is 34.1 Å². The molecule has 0 saturated carbocycles. The summed E-state index contributed by atoms with van der Waals surface area (Å²) in [5.41, 5.74) is 1.44. The normalized spacial score (nSPS) is 18.9. The van der Waals surface area contributed by atoms with E-state index in [2.05, 4.69) is 22.0 Å². The van der Waals surface area contributed by atoms with E-state index in [4.69, 9.17) is 9.47 Å². The highest BCUT2D eigenvalue weighted by molar-refractivity contribution is 5.69. The molecule has 5 rings (SSSR count). The lowest BCUT2D eigenvalue weighted by Gasteiger charge is -2.26. The minimum atomic E-state index is -0.365. The van der Waals surface area contributed by atoms with E-state index < -0.39 is 0 Å². The molecule has 1 unspecified atom stereocenters. The second-order valence-corrected chi connectivity index (χ2v) is 7.91. The Balaban J connectivity index is 1.39. The van der Waals surface area contributed by atoms with Crippen molar-refractivity contribution in [3.05, 3.63) is 50.9 Å². The van der Waals surface area contributed by atoms with Crippen LogP contribution in [0, 0.1) is 0 Å². The SMILES string of the molecule is Cn1c(=O)c2c(ncn2CCN2CCCC2c2ccc3c(c2)OCCO3)n(C)c1=O. The zero-order valence-corrected chi connectivity index (χ0v) is 17.2. The molecule has 0 amide bonds. The lowest BCUT2D eigenvalue weighted by molar-refractivity contribution is 0.170. The minimum Gasteiger partial charge on any atom is -0.486 e. The van der Waals surface area contributed by atoms with Gasteiger partial charge in [-0.3, -0.25) is 18.8 Å². The Morgan fingerprint density at radius 2 is 1.87 bits per heavy atom. The van der Waals surface area contributed by atoms with Gasteiger partial charge in [0.2, 0.25) is 0 Å². The number of rotatable bonds is 4. The minimum absolute atomic E-state index is 0.308. The summed E-state index contributed by atoms with van der Waals surface area (Å²) in [5.74, 6) is 1.62. The van der Waals surface area contributed by atoms with Crippen LogP contribution in [0.5, 0.6) is 11.5 Å². The molecule has 0 bridgehead atoms. The molecule has 0 aliphatic carbocycles. The van der Waals surface area contributed by atoms with Crippen molar-refractivity contribution in [1.29, 1.82) is 0 Å². The molecule has 30 heavy (non-hydrogen) atoms. The lowest BCUT2D eigenvalue weighted by atomic mass is 10.0. The summed E-state index contributed by atoms with van der Waals surface area (Å²) in [5, 5.41) is 0. The van der Waals surface area contributed by atoms with E-state index in [1.54, 1.807) is 13.4 Å². The maximum Gasteiger partial charge on any atom is 0.332 e. The molecule has 9 nitrogen and oxygen atoms in total. The highest BCUT2D eigenvalue weighted by atomic mass is 16.6. The van der Waals surface area contributed by atoms with E-state index in [1.165, 1.54) is 17.2 Å². The molecule has 0 N–H and O–H groups in total. The van der Waals surface area contributed by atoms with E-state index in [9.17, 15) is 9.59 Å². The summed E-state index contributed by atoms with van der Waals surface area (Å²) in [7, 11) is 3.14. The first-order valence-corrected chi connectivity index (χ1v) is 10.3. The van der Waals surface area contributed by atoms with E-state index >= 15 is 0 Å². The van der Waals surface area contributed by atoms with Gasteiger partial charge >= 0.3 is 5.69 Å². The van der Waals surface area contributed by atoms with Gasteiger partial charge < -0.3 is 14.0 Å². The van der Waals surface area contributed by atoms with E-state index in [-0.39, 0.29) is 11.2 Å². The summed E-state index contributed by atoms with van der Waals surface area (Å²) in [6.45, 7) is 3.59. The van der Waals surface area contributed by atoms with Gasteiger partial charge in [-0.15, -0.1) is 0 Å². The van der Waals surface area contributed by atoms with Gasteiger partial charge in [0.1, 0.15) is 13.2 Å². The highest BCUT2D eigenvalue weighted by Gasteiger charge is 2.27. The number of likely N-dealkylation sites (tertiary alicyclic amines) is 1. The van der Waals surface area contributed by atoms with Crippen LogP contribution >= 0.6 is 0 Å². The summed E-state index contributed by atoms with van der Waals surface area (Å²) in [6.07, 6.45) is 3.86. The van der Waals surface area contributed by atoms with Crippen LogP contribution in [0.4, 0.5) is 0 Å². The van der Waals surface area contributed by atoms with Crippen molar-refractivity contribution in [2.45, 2.75) is 25.4 Å². The Morgan fingerprint density at radius 1 is 1.07 bits per heavy atom. The number of hydrogen-bond acceptors (Lipinski definition) is 6. The Kier molecular flexibility index (Phi) is 4.62. The molecular formula is C21H25N5O4. The van der Waals surface area contributed by atoms with Crippen molar-refractivity contribution in [3.8, 4) is 11.5 Å². The van der Waals surface area contributed by atoms with Crippen molar-refractivity contribution in [3.63, 3.8) is 0 Å². The Morgan fingerprint density at radius 3 is 2.70 bits per heavy atom. The Bertz CT molecular complexity index is 1220. The first kappa shape index (κ1) is 18.9. The quantitative estimate of drug-likeness (QED) is 0.638. The lowest BCUT2D eigenvalue weighted by Crippen LogP contribution is -2.38. The van der Waals surface area contributed by atoms with Gasteiger partial charge in [-0.2, -0.15) is 0 Å². The molecule has 0 radical (unpaired) electrons. The number of aromatic nitrogens is 4. The fraction of sp³-hybridized carbons (Fsp3) is 0.476. The van der Waals surface area contributed by atoms with Crippen molar-refractivity contribution >= 4 is 11.2 Å². The molecular weight excluding hydrogens is 386 g/mol. The zero-order valence-electron chi connectivity index (χ0n) is 17.2. The van der Waals surface area contributed by atoms with E-state index in [1.807, 2.05) is 10.6 Å². The maximum atomic E-state index is 12.7. The predicted molar refractivity (Wildman–Crippen MR) is 111 cm³/mol. The van der Waals surface area contributed by atoms with E-state index in [0.29, 0.717) is 37.0 Å². The molecule has 3 aromatic rings. The van der Waals surface area contributed by atoms with E-state index in [0.717, 1.165) is 42.0 Å². The van der Waals surface area contributed by atoms with Crippen molar-refractivity contribution < 1.29 is 9.47 Å². The number of ether oxygens (including phenoxy) is 2. The fourth-order valence-electron chi connectivity index (χ4n) is 4.54. The number of nitrogens with zero attached hydrogens (tertiary/aromatic N) is 5. The Hall–Kier alpha value is -3.07. The number of hydrogen-bond donors (Lipinski definition) is 0. The smallest absolute Gasteiger partial charge is 0.332 e. The first-order valence-electron chi connectivity index (χ1n) is 10.3. The summed E-state index contributed by atoms with van der Waals surface area (Å²) >= 11 is 0. The van der Waals surface area contributed by atoms with Crippen LogP contribution in [0.1, 0.15) is 24.4 Å². The van der Waals surface area contributed by atoms with Crippen LogP contribution in [-0.2, 0) is 20.6 Å². The third-order valence-electron chi connectivity index (χ3n) is 6.16. The van der Waals surface area contributed by atoms with Crippen LogP contribution in [-0.4, -0.2) is 49.9 Å². The average Bonchev–Trinajstić information content (AvgIpc) is 3.41. The van der Waals surface area contributed by atoms with Gasteiger partial charge in [-0.05, 0) is 37.1 Å². The van der Waals surface area contributed by atoms with Gasteiger partial charge in [0.15, 0.2) is 22.7 Å². The van der Waals surface area contributed by atoms with Crippen molar-refractivity contribution in [2.75, 3.05) is 26.3 Å². The van der Waals surface area contributed by atoms with Gasteiger partial charge in [0.25, 0.3) is 5.56 Å². The molecule has 1 fully saturated rings. The largest absolute Gasteiger partial charge is 0.486 e. The van der Waals surface area contributed by atoms with Crippen molar-refractivity contribution in [1.82, 2.24) is 23.6 Å². The summed E-state index contributed by atoms with van der Waals surface area (Å²) < 4.78 is 15.8. The molecule has 2 aliphatic heterocycles. The van der Waals surface area contributed by atoms with Crippen LogP contribution in [0.3, 0.4) is 0 Å². The maximum absolute atomic E-state index is 12.7. The fourth-order valence-corrected chi connectivity index (χ4v) is 4.54. The molecule has 9 heteroatoms. The second-order valence-electron chi connectivity index (χ2n) is 7.91. The molecule has 1 atom stereocenters. The first-order chi connectivity index (χ1) is 14.5. The summed E-state index contributed by atoms with van der Waals surface area (Å²) in [4.78, 5) is 31.5. The number of benzene rings is 1. The Labute approximate surface area is 173 Å². The van der Waals surface area contributed by atoms with Crippen molar-refractivity contribution in [2.24, 2.45) is 14.1 Å². The second kappa shape index (κ2) is 7.32. The molecule has 2 aromatic heterocycles. The van der Waals surface area contributed by atoms with Crippen LogP contribution < -0.4 is 20.7 Å². The molecule has 1 saturated heterocycles. The predicted octanol–water partition coefficient (Wildman–Crippen LogP) is 1.04. The van der Waals surface area contributed by atoms with Gasteiger partial charge in [-0.1, -0.05) is 6.07 Å². The molecule has 0 spiro atoms. The average molecular weight is 411 g/mol. The molecule has 1 aromatic carbocycles. The zero-order chi connectivity index (χ0) is 20.8. The molecule has 2 aliphatic rings. The number of aryl methyl sites for hydroxylation is 1. The standard InChI is InChI=1S/C21H25N5O4/c1-23-19-18(20(27)24(2)21(23)28)26(13-22-19)9-8-25-7-3-4-15(25)14-5-6-16-17(12-14)30-11-10-29-16/h5-6,12-13,15H,3-4,7-11H2,1-2H3. The number of fused-ring (bicyclic) bond motifs is 2. The third-order valence-corrected chi connectivity index (χ3v) is 6.16. The molecule has 4 heterocycles. The topological polar surface area (TPSA) is 83.5 Å². The van der Waals surface area contributed by atoms with Crippen LogP contribution in [0.2, 0.25) is 0 Å². The number of imidazole rings is 1. The van der Waals surface area contributed by atoms with Crippen LogP contribution in [0.25, 0.3) is 11.2 Å². The third kappa shape index (κ3) is 3.00. The monoisotopic (exact) mass is 411 g/mol. The van der Waals surface area contributed by atoms with Gasteiger partial charge in [0.05, 0.1) is 6.33 Å². The molecule has 158 valence electrons. The summed E-state index contributed by atoms with van der Waals surface area (Å²) in [6, 6.07) is 6.51. The van der Waals surface area contributed by atoms with Gasteiger partial charge in [0, 0.05) is 33.2 Å².